The van der Waals surface area contributed by atoms with E-state index in [4.69, 9.17) is 4.74 Å². The van der Waals surface area contributed by atoms with Crippen molar-refractivity contribution in [3.05, 3.63) is 47.5 Å². The van der Waals surface area contributed by atoms with Crippen molar-refractivity contribution in [2.24, 2.45) is 28.6 Å². The Bertz CT molecular complexity index is 806. The number of ether oxygens (including phenoxy) is 1. The van der Waals surface area contributed by atoms with Gasteiger partial charge in [-0.3, -0.25) is 4.79 Å². The van der Waals surface area contributed by atoms with Crippen molar-refractivity contribution in [3.8, 4) is 0 Å². The monoisotopic (exact) mass is 458 g/mol. The van der Waals surface area contributed by atoms with Gasteiger partial charge in [-0.2, -0.15) is 0 Å². The molecule has 184 valence electrons. The van der Waals surface area contributed by atoms with Crippen LogP contribution >= 0.6 is 0 Å². The van der Waals surface area contributed by atoms with Gasteiger partial charge < -0.3 is 20.1 Å². The summed E-state index contributed by atoms with van der Waals surface area (Å²) in [5.41, 5.74) is 1.27. The molecule has 0 bridgehead atoms. The zero-order chi connectivity index (χ0) is 24.1. The van der Waals surface area contributed by atoms with Crippen molar-refractivity contribution in [3.63, 3.8) is 0 Å². The lowest BCUT2D eigenvalue weighted by Crippen LogP contribution is -2.58. The van der Waals surface area contributed by atoms with Gasteiger partial charge in [0, 0.05) is 17.9 Å². The Morgan fingerprint density at radius 3 is 2.58 bits per heavy atom. The molecule has 3 N–H and O–H groups in total. The molecule has 3 rings (SSSR count). The first kappa shape index (κ1) is 25.9. The minimum atomic E-state index is -0.582. The van der Waals surface area contributed by atoms with Crippen molar-refractivity contribution in [1.82, 2.24) is 0 Å². The number of aliphatic hydroxyl groups is 3. The van der Waals surface area contributed by atoms with Gasteiger partial charge in [0.2, 0.25) is 0 Å². The number of hydrogen-bond donors (Lipinski definition) is 3. The summed E-state index contributed by atoms with van der Waals surface area (Å²) in [7, 11) is 0. The molecule has 6 atom stereocenters. The second-order valence-electron chi connectivity index (χ2n) is 10.8. The number of carbonyl (C=O) groups is 1. The first-order chi connectivity index (χ1) is 15.8. The average molecular weight is 459 g/mol. The molecule has 2 aliphatic rings. The van der Waals surface area contributed by atoms with Gasteiger partial charge in [0.05, 0.1) is 25.7 Å². The molecule has 5 nitrogen and oxygen atoms in total. The Morgan fingerprint density at radius 1 is 1.18 bits per heavy atom. The van der Waals surface area contributed by atoms with Crippen molar-refractivity contribution < 1.29 is 24.9 Å². The Kier molecular flexibility index (Phi) is 8.76. The van der Waals surface area contributed by atoms with Crippen LogP contribution in [-0.2, 0) is 16.0 Å². The summed E-state index contributed by atoms with van der Waals surface area (Å²) in [5, 5.41) is 30.7. The zero-order valence-electron chi connectivity index (χ0n) is 20.5. The van der Waals surface area contributed by atoms with E-state index in [9.17, 15) is 20.1 Å². The minimum absolute atomic E-state index is 0.0300. The van der Waals surface area contributed by atoms with Crippen LogP contribution in [0.1, 0.15) is 64.9 Å². The summed E-state index contributed by atoms with van der Waals surface area (Å²) in [6.45, 7) is 7.04. The van der Waals surface area contributed by atoms with E-state index in [1.54, 1.807) is 0 Å². The first-order valence-corrected chi connectivity index (χ1v) is 12.5. The van der Waals surface area contributed by atoms with E-state index < -0.39 is 11.5 Å². The predicted octanol–water partition coefficient (Wildman–Crippen LogP) is 4.29. The van der Waals surface area contributed by atoms with Crippen molar-refractivity contribution in [2.45, 2.75) is 71.8 Å². The Morgan fingerprint density at radius 2 is 1.91 bits per heavy atom. The number of carbonyl (C=O) groups excluding carboxylic acids is 1. The number of rotatable bonds is 10. The SMILES string of the molecule is CC(CCO)CCC1(C)C(COC(=O)Cc2ccccc2)CC(O)C2(C)C(CO)=CCCC12. The summed E-state index contributed by atoms with van der Waals surface area (Å²) >= 11 is 0. The first-order valence-electron chi connectivity index (χ1n) is 12.5. The van der Waals surface area contributed by atoms with Gasteiger partial charge in [-0.1, -0.05) is 63.6 Å². The Labute approximate surface area is 198 Å². The molecule has 2 aliphatic carbocycles. The highest BCUT2D eigenvalue weighted by molar-refractivity contribution is 5.72. The summed E-state index contributed by atoms with van der Waals surface area (Å²) in [6, 6.07) is 9.61. The highest BCUT2D eigenvalue weighted by atomic mass is 16.5. The number of fused-ring (bicyclic) bond motifs is 1. The van der Waals surface area contributed by atoms with Crippen LogP contribution in [0.4, 0.5) is 0 Å². The van der Waals surface area contributed by atoms with Crippen LogP contribution in [0.15, 0.2) is 42.0 Å². The number of allylic oxidation sites excluding steroid dienone is 1. The molecule has 1 saturated carbocycles. The fourth-order valence-electron chi connectivity index (χ4n) is 6.50. The lowest BCUT2D eigenvalue weighted by Gasteiger charge is -2.60. The normalized spacial score (nSPS) is 32.5. The molecule has 0 saturated heterocycles. The highest BCUT2D eigenvalue weighted by Gasteiger charge is 2.59. The molecule has 1 aromatic rings. The highest BCUT2D eigenvalue weighted by Crippen LogP contribution is 2.62. The van der Waals surface area contributed by atoms with Gasteiger partial charge >= 0.3 is 5.97 Å². The summed E-state index contributed by atoms with van der Waals surface area (Å²) in [5.74, 6) is 0.409. The van der Waals surface area contributed by atoms with Crippen LogP contribution in [0.3, 0.4) is 0 Å². The van der Waals surface area contributed by atoms with Crippen LogP contribution in [0.5, 0.6) is 0 Å². The molecule has 0 aliphatic heterocycles. The summed E-state index contributed by atoms with van der Waals surface area (Å²) in [4.78, 5) is 12.6. The minimum Gasteiger partial charge on any atom is -0.465 e. The smallest absolute Gasteiger partial charge is 0.310 e. The number of aliphatic hydroxyl groups excluding tert-OH is 3. The van der Waals surface area contributed by atoms with E-state index in [2.05, 4.69) is 26.8 Å². The van der Waals surface area contributed by atoms with Gasteiger partial charge in [0.25, 0.3) is 0 Å². The van der Waals surface area contributed by atoms with E-state index >= 15 is 0 Å². The van der Waals surface area contributed by atoms with Gasteiger partial charge in [-0.05, 0) is 60.5 Å². The third kappa shape index (κ3) is 5.52. The van der Waals surface area contributed by atoms with Gasteiger partial charge in [0.15, 0.2) is 0 Å². The van der Waals surface area contributed by atoms with E-state index in [1.807, 2.05) is 30.3 Å². The zero-order valence-corrected chi connectivity index (χ0v) is 20.5. The molecule has 0 amide bonds. The molecule has 0 radical (unpaired) electrons. The summed E-state index contributed by atoms with van der Waals surface area (Å²) in [6.07, 6.45) is 6.87. The van der Waals surface area contributed by atoms with Gasteiger partial charge in [-0.25, -0.2) is 0 Å². The number of hydrogen-bond acceptors (Lipinski definition) is 5. The Hall–Kier alpha value is -1.69. The molecule has 5 heteroatoms. The standard InChI is InChI=1S/C28H42O5/c1-20(13-15-29)12-14-27(2)23(19-33-26(32)16-21-8-5-4-6-9-21)17-25(31)28(3)22(18-30)10-7-11-24(27)28/h4-6,8-10,20,23-25,29-31H,7,11-19H2,1-3H3. The molecule has 0 spiro atoms. The van der Waals surface area contributed by atoms with E-state index in [0.717, 1.165) is 43.2 Å². The Balaban J connectivity index is 1.80. The van der Waals surface area contributed by atoms with Gasteiger partial charge in [-0.15, -0.1) is 0 Å². The molecular formula is C28H42O5. The topological polar surface area (TPSA) is 87.0 Å². The molecule has 33 heavy (non-hydrogen) atoms. The maximum Gasteiger partial charge on any atom is 0.310 e. The van der Waals surface area contributed by atoms with Crippen LogP contribution in [0.2, 0.25) is 0 Å². The third-order valence-corrected chi connectivity index (χ3v) is 8.80. The van der Waals surface area contributed by atoms with Crippen LogP contribution < -0.4 is 0 Å². The number of benzene rings is 1. The fraction of sp³-hybridized carbons (Fsp3) is 0.679. The molecule has 0 heterocycles. The fourth-order valence-corrected chi connectivity index (χ4v) is 6.50. The number of esters is 1. The van der Waals surface area contributed by atoms with Crippen LogP contribution in [0.25, 0.3) is 0 Å². The van der Waals surface area contributed by atoms with Crippen molar-refractivity contribution in [2.75, 3.05) is 19.8 Å². The van der Waals surface area contributed by atoms with E-state index in [1.165, 1.54) is 0 Å². The molecule has 1 aromatic carbocycles. The average Bonchev–Trinajstić information content (AvgIpc) is 2.80. The lowest BCUT2D eigenvalue weighted by molar-refractivity contribution is -0.163. The van der Waals surface area contributed by atoms with Crippen molar-refractivity contribution >= 4 is 5.97 Å². The van der Waals surface area contributed by atoms with E-state index in [0.29, 0.717) is 18.9 Å². The maximum atomic E-state index is 12.6. The summed E-state index contributed by atoms with van der Waals surface area (Å²) < 4.78 is 5.80. The lowest BCUT2D eigenvalue weighted by atomic mass is 9.45. The largest absolute Gasteiger partial charge is 0.465 e. The molecule has 1 fully saturated rings. The maximum absolute atomic E-state index is 12.6. The van der Waals surface area contributed by atoms with Crippen LogP contribution in [-0.4, -0.2) is 47.2 Å². The third-order valence-electron chi connectivity index (χ3n) is 8.80. The quantitative estimate of drug-likeness (QED) is 0.360. The van der Waals surface area contributed by atoms with E-state index in [-0.39, 0.29) is 42.9 Å². The molecule has 0 aromatic heterocycles. The van der Waals surface area contributed by atoms with Crippen molar-refractivity contribution in [1.29, 1.82) is 0 Å². The molecular weight excluding hydrogens is 416 g/mol. The second kappa shape index (κ2) is 11.2. The van der Waals surface area contributed by atoms with Gasteiger partial charge in [0.1, 0.15) is 0 Å². The second-order valence-corrected chi connectivity index (χ2v) is 10.8. The van der Waals surface area contributed by atoms with Crippen LogP contribution in [0, 0.1) is 28.6 Å². The molecule has 6 unspecified atom stereocenters. The predicted molar refractivity (Wildman–Crippen MR) is 129 cm³/mol.